The molecular formula is C12H16ClN5O. The third-order valence-electron chi connectivity index (χ3n) is 2.40. The minimum Gasteiger partial charge on any atom is -0.463 e. The zero-order valence-electron chi connectivity index (χ0n) is 11.0. The van der Waals surface area contributed by atoms with Gasteiger partial charge in [-0.25, -0.2) is 0 Å². The Balaban J connectivity index is 2.32. The Hall–Kier alpha value is -1.69. The summed E-state index contributed by atoms with van der Waals surface area (Å²) in [5.41, 5.74) is 0.812. The molecule has 0 aliphatic rings. The SMILES string of the molecule is CCCOc1nc(Cl)nc(-c2ccnn2CCC)n1. The van der Waals surface area contributed by atoms with Gasteiger partial charge in [0.15, 0.2) is 5.82 Å². The van der Waals surface area contributed by atoms with E-state index in [0.29, 0.717) is 12.4 Å². The zero-order valence-corrected chi connectivity index (χ0v) is 11.8. The van der Waals surface area contributed by atoms with Crippen LogP contribution in [0, 0.1) is 0 Å². The molecule has 2 rings (SSSR count). The van der Waals surface area contributed by atoms with Gasteiger partial charge in [0, 0.05) is 12.7 Å². The number of hydrogen-bond donors (Lipinski definition) is 0. The number of hydrogen-bond acceptors (Lipinski definition) is 5. The second kappa shape index (κ2) is 6.47. The van der Waals surface area contributed by atoms with Gasteiger partial charge in [-0.2, -0.15) is 20.1 Å². The molecule has 0 saturated heterocycles. The molecule has 2 aromatic heterocycles. The van der Waals surface area contributed by atoms with Crippen molar-refractivity contribution in [2.24, 2.45) is 0 Å². The molecule has 2 heterocycles. The maximum absolute atomic E-state index is 5.90. The summed E-state index contributed by atoms with van der Waals surface area (Å²) in [7, 11) is 0. The van der Waals surface area contributed by atoms with Crippen molar-refractivity contribution in [3.05, 3.63) is 17.5 Å². The highest BCUT2D eigenvalue weighted by atomic mass is 35.5. The van der Waals surface area contributed by atoms with Crippen molar-refractivity contribution in [3.8, 4) is 17.5 Å². The molecule has 0 atom stereocenters. The monoisotopic (exact) mass is 281 g/mol. The Bertz CT molecular complexity index is 543. The summed E-state index contributed by atoms with van der Waals surface area (Å²) in [6.07, 6.45) is 3.58. The lowest BCUT2D eigenvalue weighted by atomic mass is 10.4. The van der Waals surface area contributed by atoms with Crippen LogP contribution in [0.5, 0.6) is 6.01 Å². The number of aryl methyl sites for hydroxylation is 1. The Labute approximate surface area is 116 Å². The molecular weight excluding hydrogens is 266 g/mol. The highest BCUT2D eigenvalue weighted by Crippen LogP contribution is 2.19. The van der Waals surface area contributed by atoms with E-state index in [1.165, 1.54) is 0 Å². The standard InChI is InChI=1S/C12H16ClN5O/c1-3-7-18-9(5-6-14-18)10-15-11(13)17-12(16-10)19-8-4-2/h5-6H,3-4,7-8H2,1-2H3. The van der Waals surface area contributed by atoms with E-state index < -0.39 is 0 Å². The molecule has 0 fully saturated rings. The van der Waals surface area contributed by atoms with E-state index in [-0.39, 0.29) is 11.3 Å². The van der Waals surface area contributed by atoms with Crippen molar-refractivity contribution >= 4 is 11.6 Å². The van der Waals surface area contributed by atoms with Gasteiger partial charge in [-0.1, -0.05) is 13.8 Å². The highest BCUT2D eigenvalue weighted by molar-refractivity contribution is 6.28. The van der Waals surface area contributed by atoms with Crippen LogP contribution < -0.4 is 4.74 Å². The van der Waals surface area contributed by atoms with Crippen LogP contribution in [0.4, 0.5) is 0 Å². The Morgan fingerprint density at radius 2 is 2.05 bits per heavy atom. The summed E-state index contributed by atoms with van der Waals surface area (Å²) < 4.78 is 7.24. The van der Waals surface area contributed by atoms with Crippen molar-refractivity contribution in [1.82, 2.24) is 24.7 Å². The van der Waals surface area contributed by atoms with Gasteiger partial charge < -0.3 is 4.74 Å². The van der Waals surface area contributed by atoms with E-state index in [4.69, 9.17) is 16.3 Å². The molecule has 0 aliphatic carbocycles. The van der Waals surface area contributed by atoms with Crippen molar-refractivity contribution in [2.75, 3.05) is 6.61 Å². The first-order chi connectivity index (χ1) is 9.24. The predicted molar refractivity (Wildman–Crippen MR) is 72.1 cm³/mol. The lowest BCUT2D eigenvalue weighted by Crippen LogP contribution is -2.06. The maximum atomic E-state index is 5.90. The van der Waals surface area contributed by atoms with Crippen LogP contribution in [-0.4, -0.2) is 31.3 Å². The van der Waals surface area contributed by atoms with Crippen LogP contribution in [0.25, 0.3) is 11.5 Å². The third-order valence-corrected chi connectivity index (χ3v) is 2.57. The van der Waals surface area contributed by atoms with E-state index in [0.717, 1.165) is 25.1 Å². The molecule has 19 heavy (non-hydrogen) atoms. The van der Waals surface area contributed by atoms with Gasteiger partial charge in [-0.05, 0) is 30.5 Å². The highest BCUT2D eigenvalue weighted by Gasteiger charge is 2.12. The number of rotatable bonds is 6. The Kier molecular flexibility index (Phi) is 4.68. The van der Waals surface area contributed by atoms with Gasteiger partial charge in [0.25, 0.3) is 0 Å². The second-order valence-corrected chi connectivity index (χ2v) is 4.34. The zero-order chi connectivity index (χ0) is 13.7. The molecule has 0 aromatic carbocycles. The first-order valence-corrected chi connectivity index (χ1v) is 6.69. The molecule has 0 amide bonds. The minimum absolute atomic E-state index is 0.125. The fourth-order valence-corrected chi connectivity index (χ4v) is 1.77. The van der Waals surface area contributed by atoms with E-state index >= 15 is 0 Å². The fraction of sp³-hybridized carbons (Fsp3) is 0.500. The van der Waals surface area contributed by atoms with Gasteiger partial charge in [-0.3, -0.25) is 4.68 Å². The van der Waals surface area contributed by atoms with E-state index in [1.54, 1.807) is 6.20 Å². The molecule has 7 heteroatoms. The minimum atomic E-state index is 0.125. The van der Waals surface area contributed by atoms with Gasteiger partial charge in [0.2, 0.25) is 5.28 Å². The molecule has 0 N–H and O–H groups in total. The van der Waals surface area contributed by atoms with Crippen molar-refractivity contribution in [3.63, 3.8) is 0 Å². The predicted octanol–water partition coefficient (Wildman–Crippen LogP) is 2.59. The summed E-state index contributed by atoms with van der Waals surface area (Å²) in [6, 6.07) is 2.10. The lowest BCUT2D eigenvalue weighted by molar-refractivity contribution is 0.291. The molecule has 6 nitrogen and oxygen atoms in total. The first kappa shape index (κ1) is 13.7. The smallest absolute Gasteiger partial charge is 0.321 e. The normalized spacial score (nSPS) is 10.7. The lowest BCUT2D eigenvalue weighted by Gasteiger charge is -2.07. The topological polar surface area (TPSA) is 65.7 Å². The van der Waals surface area contributed by atoms with Gasteiger partial charge in [0.05, 0.1) is 6.61 Å². The maximum Gasteiger partial charge on any atom is 0.321 e. The van der Waals surface area contributed by atoms with E-state index in [2.05, 4.69) is 27.0 Å². The van der Waals surface area contributed by atoms with Crippen molar-refractivity contribution < 1.29 is 4.74 Å². The molecule has 102 valence electrons. The number of nitrogens with zero attached hydrogens (tertiary/aromatic N) is 5. The molecule has 0 radical (unpaired) electrons. The van der Waals surface area contributed by atoms with Crippen LogP contribution in [0.1, 0.15) is 26.7 Å². The molecule has 0 bridgehead atoms. The summed E-state index contributed by atoms with van der Waals surface area (Å²) >= 11 is 5.90. The van der Waals surface area contributed by atoms with Crippen LogP contribution in [0.3, 0.4) is 0 Å². The summed E-state index contributed by atoms with van der Waals surface area (Å²) in [4.78, 5) is 12.3. The van der Waals surface area contributed by atoms with Crippen LogP contribution in [0.15, 0.2) is 12.3 Å². The van der Waals surface area contributed by atoms with Gasteiger partial charge in [-0.15, -0.1) is 0 Å². The number of halogens is 1. The molecule has 0 spiro atoms. The van der Waals surface area contributed by atoms with E-state index in [1.807, 2.05) is 17.7 Å². The largest absolute Gasteiger partial charge is 0.463 e. The average Bonchev–Trinajstić information content (AvgIpc) is 2.84. The second-order valence-electron chi connectivity index (χ2n) is 4.00. The van der Waals surface area contributed by atoms with Gasteiger partial charge in [0.1, 0.15) is 5.69 Å². The molecule has 0 aliphatic heterocycles. The summed E-state index contributed by atoms with van der Waals surface area (Å²) in [5.74, 6) is 0.483. The molecule has 2 aromatic rings. The average molecular weight is 282 g/mol. The Morgan fingerprint density at radius 1 is 1.21 bits per heavy atom. The fourth-order valence-electron chi connectivity index (χ4n) is 1.62. The van der Waals surface area contributed by atoms with Crippen LogP contribution >= 0.6 is 11.6 Å². The third kappa shape index (κ3) is 3.41. The van der Waals surface area contributed by atoms with Crippen LogP contribution in [-0.2, 0) is 6.54 Å². The van der Waals surface area contributed by atoms with Crippen molar-refractivity contribution in [2.45, 2.75) is 33.2 Å². The first-order valence-electron chi connectivity index (χ1n) is 6.31. The Morgan fingerprint density at radius 3 is 2.79 bits per heavy atom. The number of aromatic nitrogens is 5. The molecule has 0 unspecified atom stereocenters. The quantitative estimate of drug-likeness (QED) is 0.814. The van der Waals surface area contributed by atoms with Crippen LogP contribution in [0.2, 0.25) is 5.28 Å². The summed E-state index contributed by atoms with van der Waals surface area (Å²) in [6.45, 7) is 5.45. The van der Waals surface area contributed by atoms with Gasteiger partial charge >= 0.3 is 6.01 Å². The van der Waals surface area contributed by atoms with E-state index in [9.17, 15) is 0 Å². The molecule has 0 saturated carbocycles. The van der Waals surface area contributed by atoms with Crippen molar-refractivity contribution in [1.29, 1.82) is 0 Å². The number of ether oxygens (including phenoxy) is 1. The summed E-state index contributed by atoms with van der Waals surface area (Å²) in [5, 5.41) is 4.36.